The van der Waals surface area contributed by atoms with Gasteiger partial charge in [-0.3, -0.25) is 9.59 Å². The number of ether oxygens (including phenoxy) is 1. The van der Waals surface area contributed by atoms with Gasteiger partial charge in [0, 0.05) is 35.5 Å². The Bertz CT molecular complexity index is 1400. The number of piperidine rings is 1. The minimum absolute atomic E-state index is 0.118. The van der Waals surface area contributed by atoms with Crippen molar-refractivity contribution in [1.82, 2.24) is 10.2 Å². The third-order valence-corrected chi connectivity index (χ3v) is 9.67. The standard InChI is InChI=1S/C25H25ClF3N3O6S/c1-12(30-25(35)38-2)24(34)32-15-4-5-16(32)11-17(10-15)39(36,37)21-7-13(3-6-18(21)26)23(33)31-14-8-19(27)22(29)20(28)9-14/h3,6-9,12,15-17H,4-5,10-11H2,1-2H3,(H,30,35)(H,31,33)/t12-,15?,16?,17?/m0/s1. The molecule has 4 rings (SSSR count). The van der Waals surface area contributed by atoms with Gasteiger partial charge in [-0.25, -0.2) is 26.4 Å². The van der Waals surface area contributed by atoms with E-state index in [-0.39, 0.29) is 52.0 Å². The lowest BCUT2D eigenvalue weighted by Gasteiger charge is -2.40. The molecule has 3 amide bonds. The van der Waals surface area contributed by atoms with Crippen LogP contribution in [-0.4, -0.2) is 61.7 Å². The molecular formula is C25H25ClF3N3O6S. The van der Waals surface area contributed by atoms with Gasteiger partial charge in [-0.05, 0) is 50.8 Å². The van der Waals surface area contributed by atoms with Crippen LogP contribution in [0.25, 0.3) is 0 Å². The van der Waals surface area contributed by atoms with Gasteiger partial charge in [0.2, 0.25) is 5.91 Å². The van der Waals surface area contributed by atoms with Crippen molar-refractivity contribution in [3.8, 4) is 0 Å². The van der Waals surface area contributed by atoms with Gasteiger partial charge < -0.3 is 20.3 Å². The predicted molar refractivity (Wildman–Crippen MR) is 135 cm³/mol. The number of nitrogens with zero attached hydrogens (tertiary/aromatic N) is 1. The summed E-state index contributed by atoms with van der Waals surface area (Å²) in [5.41, 5.74) is -0.512. The van der Waals surface area contributed by atoms with Crippen molar-refractivity contribution in [2.45, 2.75) is 60.9 Å². The van der Waals surface area contributed by atoms with E-state index < -0.39 is 50.6 Å². The van der Waals surface area contributed by atoms with Crippen molar-refractivity contribution in [2.75, 3.05) is 12.4 Å². The van der Waals surface area contributed by atoms with Crippen LogP contribution in [0, 0.1) is 17.5 Å². The topological polar surface area (TPSA) is 122 Å². The molecule has 14 heteroatoms. The van der Waals surface area contributed by atoms with Gasteiger partial charge in [0.05, 0.1) is 22.3 Å². The zero-order valence-corrected chi connectivity index (χ0v) is 22.4. The average molecular weight is 588 g/mol. The van der Waals surface area contributed by atoms with Crippen LogP contribution in [-0.2, 0) is 19.4 Å². The number of carbonyl (C=O) groups excluding carboxylic acids is 3. The van der Waals surface area contributed by atoms with Gasteiger partial charge in [0.25, 0.3) is 5.91 Å². The number of hydrogen-bond donors (Lipinski definition) is 2. The summed E-state index contributed by atoms with van der Waals surface area (Å²) in [6.07, 6.45) is 0.698. The monoisotopic (exact) mass is 587 g/mol. The number of alkyl carbamates (subject to hydrolysis) is 1. The van der Waals surface area contributed by atoms with Gasteiger partial charge in [-0.2, -0.15) is 0 Å². The summed E-state index contributed by atoms with van der Waals surface area (Å²) in [5.74, 6) is -5.92. The molecule has 210 valence electrons. The summed E-state index contributed by atoms with van der Waals surface area (Å²) in [4.78, 5) is 38.5. The Morgan fingerprint density at radius 2 is 1.64 bits per heavy atom. The molecule has 2 fully saturated rings. The molecular weight excluding hydrogens is 563 g/mol. The zero-order chi connectivity index (χ0) is 28.6. The number of benzene rings is 2. The van der Waals surface area contributed by atoms with Crippen LogP contribution in [0.4, 0.5) is 23.7 Å². The Labute approximate surface area is 227 Å². The fourth-order valence-electron chi connectivity index (χ4n) is 5.13. The summed E-state index contributed by atoms with van der Waals surface area (Å²) >= 11 is 6.23. The third kappa shape index (κ3) is 5.69. The summed E-state index contributed by atoms with van der Waals surface area (Å²) in [7, 11) is -2.89. The smallest absolute Gasteiger partial charge is 0.407 e. The molecule has 0 aromatic heterocycles. The van der Waals surface area contributed by atoms with Gasteiger partial charge in [0.1, 0.15) is 6.04 Å². The number of anilines is 1. The number of methoxy groups -OCH3 is 1. The Kier molecular flexibility index (Phi) is 8.12. The highest BCUT2D eigenvalue weighted by atomic mass is 35.5. The lowest BCUT2D eigenvalue weighted by atomic mass is 10.0. The predicted octanol–water partition coefficient (Wildman–Crippen LogP) is 4.05. The van der Waals surface area contributed by atoms with E-state index in [4.69, 9.17) is 11.6 Å². The van der Waals surface area contributed by atoms with Gasteiger partial charge in [-0.15, -0.1) is 0 Å². The number of rotatable bonds is 6. The number of nitrogens with one attached hydrogen (secondary N) is 2. The third-order valence-electron chi connectivity index (χ3n) is 7.01. The van der Waals surface area contributed by atoms with Gasteiger partial charge >= 0.3 is 6.09 Å². The summed E-state index contributed by atoms with van der Waals surface area (Å²) in [6, 6.07) is 3.13. The van der Waals surface area contributed by atoms with Crippen molar-refractivity contribution in [3.05, 3.63) is 58.4 Å². The van der Waals surface area contributed by atoms with Crippen molar-refractivity contribution in [3.63, 3.8) is 0 Å². The van der Waals surface area contributed by atoms with Crippen LogP contribution in [0.2, 0.25) is 5.02 Å². The summed E-state index contributed by atoms with van der Waals surface area (Å²) in [5, 5.41) is 3.63. The molecule has 2 bridgehead atoms. The van der Waals surface area contributed by atoms with Crippen molar-refractivity contribution in [2.24, 2.45) is 0 Å². The maximum Gasteiger partial charge on any atom is 0.407 e. The molecule has 39 heavy (non-hydrogen) atoms. The molecule has 2 saturated heterocycles. The molecule has 2 aromatic rings. The van der Waals surface area contributed by atoms with E-state index in [1.54, 1.807) is 4.90 Å². The van der Waals surface area contributed by atoms with E-state index in [1.807, 2.05) is 0 Å². The van der Waals surface area contributed by atoms with Crippen LogP contribution in [0.5, 0.6) is 0 Å². The SMILES string of the molecule is COC(=O)N[C@@H](C)C(=O)N1C2CCC1CC(S(=O)(=O)c1cc(C(=O)Nc3cc(F)c(F)c(F)c3)ccc1Cl)C2. The molecule has 9 nitrogen and oxygen atoms in total. The van der Waals surface area contributed by atoms with Crippen LogP contribution in [0.3, 0.4) is 0 Å². The number of carbonyl (C=O) groups is 3. The lowest BCUT2D eigenvalue weighted by molar-refractivity contribution is -0.137. The minimum Gasteiger partial charge on any atom is -0.453 e. The molecule has 2 aromatic carbocycles. The molecule has 2 aliphatic rings. The molecule has 0 aliphatic carbocycles. The number of amides is 3. The van der Waals surface area contributed by atoms with Crippen LogP contribution >= 0.6 is 11.6 Å². The van der Waals surface area contributed by atoms with E-state index in [2.05, 4.69) is 15.4 Å². The lowest BCUT2D eigenvalue weighted by Crippen LogP contribution is -2.55. The first-order valence-corrected chi connectivity index (χ1v) is 13.9. The highest BCUT2D eigenvalue weighted by Gasteiger charge is 2.48. The molecule has 0 saturated carbocycles. The molecule has 0 radical (unpaired) electrons. The largest absolute Gasteiger partial charge is 0.453 e. The van der Waals surface area contributed by atoms with Crippen molar-refractivity contribution >= 4 is 45.0 Å². The highest BCUT2D eigenvalue weighted by molar-refractivity contribution is 7.92. The van der Waals surface area contributed by atoms with Crippen LogP contribution in [0.15, 0.2) is 35.2 Å². The van der Waals surface area contributed by atoms with Crippen molar-refractivity contribution in [1.29, 1.82) is 0 Å². The summed E-state index contributed by atoms with van der Waals surface area (Å²) in [6.45, 7) is 1.52. The Hall–Kier alpha value is -3.32. The minimum atomic E-state index is -4.07. The van der Waals surface area contributed by atoms with Crippen molar-refractivity contribution < 1.29 is 40.7 Å². The fourth-order valence-corrected chi connectivity index (χ4v) is 7.52. The molecule has 2 N–H and O–H groups in total. The zero-order valence-electron chi connectivity index (χ0n) is 20.8. The number of fused-ring (bicyclic) bond motifs is 2. The van der Waals surface area contributed by atoms with Crippen LogP contribution in [0.1, 0.15) is 43.0 Å². The second-order valence-electron chi connectivity index (χ2n) is 9.48. The summed E-state index contributed by atoms with van der Waals surface area (Å²) < 4.78 is 72.1. The first kappa shape index (κ1) is 28.7. The number of halogens is 4. The quantitative estimate of drug-likeness (QED) is 0.492. The molecule has 2 aliphatic heterocycles. The van der Waals surface area contributed by atoms with Crippen LogP contribution < -0.4 is 10.6 Å². The van der Waals surface area contributed by atoms with E-state index in [9.17, 15) is 36.0 Å². The molecule has 0 spiro atoms. The van der Waals surface area contributed by atoms with Gasteiger partial charge in [0.15, 0.2) is 27.3 Å². The fraction of sp³-hybridized carbons (Fsp3) is 0.400. The first-order valence-electron chi connectivity index (χ1n) is 12.0. The normalized spacial score (nSPS) is 21.3. The average Bonchev–Trinajstić information content (AvgIpc) is 3.14. The maximum absolute atomic E-state index is 13.6. The molecule has 3 atom stereocenters. The second-order valence-corrected chi connectivity index (χ2v) is 12.1. The Morgan fingerprint density at radius 1 is 1.05 bits per heavy atom. The second kappa shape index (κ2) is 11.0. The van der Waals surface area contributed by atoms with Gasteiger partial charge in [-0.1, -0.05) is 11.6 Å². The van der Waals surface area contributed by atoms with E-state index in [0.29, 0.717) is 25.0 Å². The molecule has 2 heterocycles. The van der Waals surface area contributed by atoms with E-state index in [0.717, 1.165) is 6.07 Å². The van der Waals surface area contributed by atoms with E-state index in [1.165, 1.54) is 26.2 Å². The first-order chi connectivity index (χ1) is 18.3. The maximum atomic E-state index is 13.6. The highest BCUT2D eigenvalue weighted by Crippen LogP contribution is 2.41. The number of sulfone groups is 1. The van der Waals surface area contributed by atoms with E-state index >= 15 is 0 Å². The molecule has 2 unspecified atom stereocenters. The number of hydrogen-bond acceptors (Lipinski definition) is 6. The Balaban J connectivity index is 1.53. The Morgan fingerprint density at radius 3 is 2.21 bits per heavy atom.